The molecule has 0 aliphatic rings. The summed E-state index contributed by atoms with van der Waals surface area (Å²) < 4.78 is 27.8. The number of carbonyl (C=O) groups excluding carboxylic acids is 1. The predicted molar refractivity (Wildman–Crippen MR) is 101 cm³/mol. The van der Waals surface area contributed by atoms with Gasteiger partial charge in [-0.2, -0.15) is 0 Å². The maximum absolute atomic E-state index is 12.6. The molecule has 1 atom stereocenters. The number of aryl methyl sites for hydroxylation is 1. The molecule has 0 aliphatic carbocycles. The summed E-state index contributed by atoms with van der Waals surface area (Å²) in [4.78, 5) is 12.2. The molecule has 25 heavy (non-hydrogen) atoms. The second-order valence-electron chi connectivity index (χ2n) is 5.88. The Morgan fingerprint density at radius 2 is 1.92 bits per heavy atom. The number of sulfonamides is 1. The minimum Gasteiger partial charge on any atom is -0.350 e. The van der Waals surface area contributed by atoms with Gasteiger partial charge in [0.15, 0.2) is 0 Å². The van der Waals surface area contributed by atoms with Gasteiger partial charge in [-0.1, -0.05) is 30.7 Å². The fourth-order valence-electron chi connectivity index (χ4n) is 2.12. The van der Waals surface area contributed by atoms with Gasteiger partial charge >= 0.3 is 0 Å². The Balaban J connectivity index is 2.29. The highest BCUT2D eigenvalue weighted by Crippen LogP contribution is 2.23. The summed E-state index contributed by atoms with van der Waals surface area (Å²) in [5.74, 6) is -0.301. The van der Waals surface area contributed by atoms with E-state index in [9.17, 15) is 13.2 Å². The third kappa shape index (κ3) is 4.96. The van der Waals surface area contributed by atoms with E-state index < -0.39 is 10.0 Å². The molecule has 0 aromatic heterocycles. The molecule has 2 aromatic rings. The van der Waals surface area contributed by atoms with Crippen molar-refractivity contribution in [3.63, 3.8) is 0 Å². The van der Waals surface area contributed by atoms with Crippen molar-refractivity contribution in [1.29, 1.82) is 0 Å². The molecule has 0 radical (unpaired) electrons. The van der Waals surface area contributed by atoms with E-state index in [1.807, 2.05) is 13.8 Å². The first-order valence-electron chi connectivity index (χ1n) is 7.93. The van der Waals surface area contributed by atoms with Crippen LogP contribution in [0.15, 0.2) is 47.4 Å². The van der Waals surface area contributed by atoms with Crippen LogP contribution in [0.4, 0.5) is 5.69 Å². The van der Waals surface area contributed by atoms with Crippen molar-refractivity contribution in [2.75, 3.05) is 4.72 Å². The third-order valence-corrected chi connectivity index (χ3v) is 5.44. The summed E-state index contributed by atoms with van der Waals surface area (Å²) in [5.41, 5.74) is 1.45. The van der Waals surface area contributed by atoms with Crippen molar-refractivity contribution < 1.29 is 13.2 Å². The van der Waals surface area contributed by atoms with Crippen LogP contribution in [0.1, 0.15) is 36.2 Å². The molecular weight excluding hydrogens is 360 g/mol. The van der Waals surface area contributed by atoms with Gasteiger partial charge in [-0.05, 0) is 56.2 Å². The van der Waals surface area contributed by atoms with Gasteiger partial charge < -0.3 is 5.32 Å². The molecule has 7 heteroatoms. The van der Waals surface area contributed by atoms with Gasteiger partial charge in [0.1, 0.15) is 0 Å². The molecule has 0 aliphatic heterocycles. The Bertz CT molecular complexity index is 882. The molecular formula is C18H21ClN2O3S. The van der Waals surface area contributed by atoms with Crippen molar-refractivity contribution in [3.05, 3.63) is 58.6 Å². The fraction of sp³-hybridized carbons (Fsp3) is 0.278. The normalized spacial score (nSPS) is 12.5. The van der Waals surface area contributed by atoms with Gasteiger partial charge in [0.25, 0.3) is 15.9 Å². The molecule has 5 nitrogen and oxygen atoms in total. The molecule has 0 fully saturated rings. The molecule has 0 bridgehead atoms. The lowest BCUT2D eigenvalue weighted by atomic mass is 10.2. The molecule has 2 N–H and O–H groups in total. The number of hydrogen-bond acceptors (Lipinski definition) is 3. The minimum absolute atomic E-state index is 0.0139. The van der Waals surface area contributed by atoms with Crippen LogP contribution in [-0.2, 0) is 10.0 Å². The second-order valence-corrected chi connectivity index (χ2v) is 7.99. The highest BCUT2D eigenvalue weighted by molar-refractivity contribution is 7.92. The van der Waals surface area contributed by atoms with Gasteiger partial charge in [-0.15, -0.1) is 0 Å². The summed E-state index contributed by atoms with van der Waals surface area (Å²) >= 11 is 5.93. The molecule has 1 unspecified atom stereocenters. The van der Waals surface area contributed by atoms with E-state index in [0.717, 1.165) is 12.0 Å². The molecule has 2 rings (SSSR count). The standard InChI is InChI=1S/C18H21ClN2O3S/c1-4-13(3)20-18(22)14-6-5-7-16(10-14)25(23,24)21-17-11-15(19)9-8-12(17)2/h5-11,13,21H,4H2,1-3H3,(H,20,22). The molecule has 0 heterocycles. The molecule has 134 valence electrons. The average molecular weight is 381 g/mol. The van der Waals surface area contributed by atoms with Crippen molar-refractivity contribution >= 4 is 33.2 Å². The monoisotopic (exact) mass is 380 g/mol. The van der Waals surface area contributed by atoms with Crippen LogP contribution < -0.4 is 10.0 Å². The van der Waals surface area contributed by atoms with Crippen molar-refractivity contribution in [1.82, 2.24) is 5.32 Å². The average Bonchev–Trinajstić information content (AvgIpc) is 2.58. The summed E-state index contributed by atoms with van der Waals surface area (Å²) in [7, 11) is -3.83. The number of carbonyl (C=O) groups is 1. The Morgan fingerprint density at radius 1 is 1.20 bits per heavy atom. The first kappa shape index (κ1) is 19.3. The van der Waals surface area contributed by atoms with Gasteiger partial charge in [-0.3, -0.25) is 9.52 Å². The highest BCUT2D eigenvalue weighted by Gasteiger charge is 2.18. The van der Waals surface area contributed by atoms with Crippen molar-refractivity contribution in [3.8, 4) is 0 Å². The van der Waals surface area contributed by atoms with Crippen LogP contribution >= 0.6 is 11.6 Å². The number of nitrogens with one attached hydrogen (secondary N) is 2. The van der Waals surface area contributed by atoms with Crippen molar-refractivity contribution in [2.45, 2.75) is 38.1 Å². The highest BCUT2D eigenvalue weighted by atomic mass is 35.5. The molecule has 1 amide bonds. The van der Waals surface area contributed by atoms with Crippen LogP contribution in [0, 0.1) is 6.92 Å². The fourth-order valence-corrected chi connectivity index (χ4v) is 3.46. The Morgan fingerprint density at radius 3 is 2.60 bits per heavy atom. The topological polar surface area (TPSA) is 75.3 Å². The van der Waals surface area contributed by atoms with Gasteiger partial charge in [0.2, 0.25) is 0 Å². The lowest BCUT2D eigenvalue weighted by Gasteiger charge is -2.13. The summed E-state index contributed by atoms with van der Waals surface area (Å²) in [6.07, 6.45) is 0.791. The van der Waals surface area contributed by atoms with E-state index in [2.05, 4.69) is 10.0 Å². The summed E-state index contributed by atoms with van der Waals surface area (Å²) in [6, 6.07) is 10.9. The summed E-state index contributed by atoms with van der Waals surface area (Å²) in [6.45, 7) is 5.63. The Hall–Kier alpha value is -2.05. The predicted octanol–water partition coefficient (Wildman–Crippen LogP) is 3.98. The van der Waals surface area contributed by atoms with Crippen LogP contribution in [-0.4, -0.2) is 20.4 Å². The van der Waals surface area contributed by atoms with Crippen molar-refractivity contribution in [2.24, 2.45) is 0 Å². The van der Waals surface area contributed by atoms with Crippen LogP contribution in [0.25, 0.3) is 0 Å². The van der Waals surface area contributed by atoms with Crippen LogP contribution in [0.2, 0.25) is 5.02 Å². The SMILES string of the molecule is CCC(C)NC(=O)c1cccc(S(=O)(=O)Nc2cc(Cl)ccc2C)c1. The Kier molecular flexibility index (Phi) is 6.08. The van der Waals surface area contributed by atoms with E-state index in [-0.39, 0.29) is 16.8 Å². The molecule has 0 saturated carbocycles. The number of hydrogen-bond donors (Lipinski definition) is 2. The minimum atomic E-state index is -3.83. The number of benzene rings is 2. The zero-order valence-electron chi connectivity index (χ0n) is 14.3. The smallest absolute Gasteiger partial charge is 0.261 e. The largest absolute Gasteiger partial charge is 0.350 e. The summed E-state index contributed by atoms with van der Waals surface area (Å²) in [5, 5.41) is 3.25. The van der Waals surface area contributed by atoms with Crippen LogP contribution in [0.5, 0.6) is 0 Å². The molecule has 0 saturated heterocycles. The van der Waals surface area contributed by atoms with E-state index in [0.29, 0.717) is 16.3 Å². The number of anilines is 1. The lowest BCUT2D eigenvalue weighted by molar-refractivity contribution is 0.0939. The van der Waals surface area contributed by atoms with E-state index >= 15 is 0 Å². The number of halogens is 1. The van der Waals surface area contributed by atoms with Gasteiger partial charge in [0, 0.05) is 16.6 Å². The lowest BCUT2D eigenvalue weighted by Crippen LogP contribution is -2.32. The number of amides is 1. The molecule has 2 aromatic carbocycles. The molecule has 0 spiro atoms. The van der Waals surface area contributed by atoms with E-state index in [1.165, 1.54) is 12.1 Å². The first-order chi connectivity index (χ1) is 11.7. The van der Waals surface area contributed by atoms with E-state index in [4.69, 9.17) is 11.6 Å². The van der Waals surface area contributed by atoms with E-state index in [1.54, 1.807) is 37.3 Å². The van der Waals surface area contributed by atoms with Crippen LogP contribution in [0.3, 0.4) is 0 Å². The second kappa shape index (κ2) is 7.89. The Labute approximate surface area is 153 Å². The van der Waals surface area contributed by atoms with Gasteiger partial charge in [0.05, 0.1) is 10.6 Å². The maximum Gasteiger partial charge on any atom is 0.261 e. The van der Waals surface area contributed by atoms with Gasteiger partial charge in [-0.25, -0.2) is 8.42 Å². The first-order valence-corrected chi connectivity index (χ1v) is 9.79. The quantitative estimate of drug-likeness (QED) is 0.795. The number of rotatable bonds is 6. The zero-order chi connectivity index (χ0) is 18.6. The zero-order valence-corrected chi connectivity index (χ0v) is 15.9. The third-order valence-electron chi connectivity index (χ3n) is 3.84. The maximum atomic E-state index is 12.6.